The Morgan fingerprint density at radius 1 is 0.880 bits per heavy atom. The van der Waals surface area contributed by atoms with E-state index in [4.69, 9.17) is 18.9 Å². The first-order chi connectivity index (χ1) is 12.0. The van der Waals surface area contributed by atoms with Crippen LogP contribution in [0.4, 0.5) is 0 Å². The fourth-order valence-corrected chi connectivity index (χ4v) is 2.28. The quantitative estimate of drug-likeness (QED) is 0.613. The van der Waals surface area contributed by atoms with E-state index in [0.717, 1.165) is 0 Å². The molecule has 0 atom stereocenters. The van der Waals surface area contributed by atoms with E-state index < -0.39 is 0 Å². The molecule has 0 spiro atoms. The Labute approximate surface area is 146 Å². The molecule has 0 bridgehead atoms. The van der Waals surface area contributed by atoms with Crippen LogP contribution in [0.25, 0.3) is 6.08 Å². The molecule has 0 unspecified atom stereocenters. The molecular formula is C19H20O6. The van der Waals surface area contributed by atoms with Gasteiger partial charge in [-0.1, -0.05) is 0 Å². The Balaban J connectivity index is 2.37. The van der Waals surface area contributed by atoms with Crippen molar-refractivity contribution in [2.45, 2.75) is 0 Å². The Kier molecular flexibility index (Phi) is 5.89. The largest absolute Gasteiger partial charge is 0.507 e. The van der Waals surface area contributed by atoms with Gasteiger partial charge in [0.15, 0.2) is 17.3 Å². The molecule has 0 aliphatic rings. The summed E-state index contributed by atoms with van der Waals surface area (Å²) in [6, 6.07) is 7.84. The van der Waals surface area contributed by atoms with E-state index in [-0.39, 0.29) is 17.1 Å². The Morgan fingerprint density at radius 3 is 2.12 bits per heavy atom. The minimum absolute atomic E-state index is 0.116. The van der Waals surface area contributed by atoms with Crippen LogP contribution in [0.1, 0.15) is 15.9 Å². The van der Waals surface area contributed by atoms with Crippen LogP contribution in [0.15, 0.2) is 36.4 Å². The lowest BCUT2D eigenvalue weighted by molar-refractivity contribution is 0.104. The van der Waals surface area contributed by atoms with Gasteiger partial charge >= 0.3 is 0 Å². The van der Waals surface area contributed by atoms with Gasteiger partial charge in [0.2, 0.25) is 0 Å². The number of phenolic OH excluding ortho intramolecular Hbond substituents is 1. The van der Waals surface area contributed by atoms with E-state index >= 15 is 0 Å². The fraction of sp³-hybridized carbons (Fsp3) is 0.211. The van der Waals surface area contributed by atoms with Gasteiger partial charge in [-0.2, -0.15) is 0 Å². The highest BCUT2D eigenvalue weighted by Crippen LogP contribution is 2.35. The van der Waals surface area contributed by atoms with Gasteiger partial charge in [0.1, 0.15) is 17.2 Å². The monoisotopic (exact) mass is 344 g/mol. The van der Waals surface area contributed by atoms with Crippen molar-refractivity contribution < 1.29 is 28.8 Å². The van der Waals surface area contributed by atoms with E-state index in [1.54, 1.807) is 24.3 Å². The van der Waals surface area contributed by atoms with Gasteiger partial charge in [0.05, 0.1) is 34.0 Å². The van der Waals surface area contributed by atoms with Gasteiger partial charge in [-0.15, -0.1) is 0 Å². The number of rotatable bonds is 7. The molecule has 1 N–H and O–H groups in total. The minimum atomic E-state index is -0.367. The van der Waals surface area contributed by atoms with E-state index in [1.165, 1.54) is 46.6 Å². The average Bonchev–Trinajstić information content (AvgIpc) is 2.65. The summed E-state index contributed by atoms with van der Waals surface area (Å²) in [4.78, 5) is 12.4. The first kappa shape index (κ1) is 18.2. The van der Waals surface area contributed by atoms with Crippen molar-refractivity contribution in [1.29, 1.82) is 0 Å². The molecule has 0 heterocycles. The van der Waals surface area contributed by atoms with Gasteiger partial charge < -0.3 is 24.1 Å². The first-order valence-electron chi connectivity index (χ1n) is 7.43. The normalized spacial score (nSPS) is 10.6. The molecule has 0 aliphatic carbocycles. The fourth-order valence-electron chi connectivity index (χ4n) is 2.28. The van der Waals surface area contributed by atoms with Crippen LogP contribution in [0.5, 0.6) is 28.7 Å². The van der Waals surface area contributed by atoms with Crippen molar-refractivity contribution in [1.82, 2.24) is 0 Å². The third-order valence-corrected chi connectivity index (χ3v) is 3.62. The van der Waals surface area contributed by atoms with Crippen LogP contribution in [0.3, 0.4) is 0 Å². The number of ether oxygens (including phenoxy) is 4. The average molecular weight is 344 g/mol. The van der Waals surface area contributed by atoms with Crippen molar-refractivity contribution in [2.24, 2.45) is 0 Å². The highest BCUT2D eigenvalue weighted by Gasteiger charge is 2.12. The van der Waals surface area contributed by atoms with E-state index in [1.807, 2.05) is 0 Å². The molecule has 0 radical (unpaired) electrons. The number of methoxy groups -OCH3 is 4. The predicted molar refractivity (Wildman–Crippen MR) is 94.1 cm³/mol. The zero-order valence-electron chi connectivity index (χ0n) is 14.5. The Morgan fingerprint density at radius 2 is 1.52 bits per heavy atom. The molecule has 0 fully saturated rings. The molecule has 6 heteroatoms. The number of phenols is 1. The van der Waals surface area contributed by atoms with Crippen molar-refractivity contribution in [3.8, 4) is 28.7 Å². The van der Waals surface area contributed by atoms with Gasteiger partial charge in [-0.05, 0) is 36.4 Å². The summed E-state index contributed by atoms with van der Waals surface area (Å²) in [5, 5.41) is 9.88. The third-order valence-electron chi connectivity index (χ3n) is 3.62. The van der Waals surface area contributed by atoms with Crippen LogP contribution >= 0.6 is 0 Å². The van der Waals surface area contributed by atoms with Crippen LogP contribution in [-0.2, 0) is 0 Å². The molecule has 0 saturated heterocycles. The molecule has 0 amide bonds. The summed E-state index contributed by atoms with van der Waals surface area (Å²) in [5.74, 6) is 1.56. The van der Waals surface area contributed by atoms with Gasteiger partial charge in [0, 0.05) is 11.6 Å². The number of aromatic hydroxyl groups is 1. The number of carbonyl (C=O) groups excluding carboxylic acids is 1. The van der Waals surface area contributed by atoms with E-state index in [9.17, 15) is 9.90 Å². The molecule has 25 heavy (non-hydrogen) atoms. The zero-order chi connectivity index (χ0) is 18.4. The minimum Gasteiger partial charge on any atom is -0.507 e. The summed E-state index contributed by atoms with van der Waals surface area (Å²) < 4.78 is 20.9. The maximum absolute atomic E-state index is 12.4. The SMILES string of the molecule is COc1ccc(O)c(C(=O)/C=C/c2cc(OC)c(OC)cc2OC)c1. The maximum Gasteiger partial charge on any atom is 0.189 e. The van der Waals surface area contributed by atoms with Gasteiger partial charge in [0.25, 0.3) is 0 Å². The maximum atomic E-state index is 12.4. The lowest BCUT2D eigenvalue weighted by Gasteiger charge is -2.12. The number of carbonyl (C=O) groups is 1. The highest BCUT2D eigenvalue weighted by molar-refractivity contribution is 6.09. The van der Waals surface area contributed by atoms with Crippen LogP contribution in [0.2, 0.25) is 0 Å². The van der Waals surface area contributed by atoms with E-state index in [2.05, 4.69) is 0 Å². The van der Waals surface area contributed by atoms with E-state index in [0.29, 0.717) is 28.6 Å². The molecule has 2 aromatic carbocycles. The highest BCUT2D eigenvalue weighted by atomic mass is 16.5. The van der Waals surface area contributed by atoms with Crippen LogP contribution < -0.4 is 18.9 Å². The molecule has 2 rings (SSSR count). The number of hydrogen-bond acceptors (Lipinski definition) is 6. The Bertz CT molecular complexity index is 795. The zero-order valence-corrected chi connectivity index (χ0v) is 14.5. The molecule has 2 aromatic rings. The number of hydrogen-bond donors (Lipinski definition) is 1. The second-order valence-corrected chi connectivity index (χ2v) is 5.03. The lowest BCUT2D eigenvalue weighted by atomic mass is 10.1. The molecule has 6 nitrogen and oxygen atoms in total. The predicted octanol–water partition coefficient (Wildman–Crippen LogP) is 3.32. The molecule has 0 aliphatic heterocycles. The second kappa shape index (κ2) is 8.10. The number of allylic oxidation sites excluding steroid dienone is 1. The topological polar surface area (TPSA) is 74.2 Å². The number of ketones is 1. The first-order valence-corrected chi connectivity index (χ1v) is 7.43. The molecule has 0 saturated carbocycles. The number of benzene rings is 2. The van der Waals surface area contributed by atoms with Crippen molar-refractivity contribution in [2.75, 3.05) is 28.4 Å². The lowest BCUT2D eigenvalue weighted by Crippen LogP contribution is -1.97. The molecule has 0 aromatic heterocycles. The van der Waals surface area contributed by atoms with Gasteiger partial charge in [-0.25, -0.2) is 0 Å². The van der Waals surface area contributed by atoms with Gasteiger partial charge in [-0.3, -0.25) is 4.79 Å². The second-order valence-electron chi connectivity index (χ2n) is 5.03. The van der Waals surface area contributed by atoms with Crippen molar-refractivity contribution >= 4 is 11.9 Å². The molecule has 132 valence electrons. The summed E-state index contributed by atoms with van der Waals surface area (Å²) >= 11 is 0. The smallest absolute Gasteiger partial charge is 0.189 e. The van der Waals surface area contributed by atoms with Crippen LogP contribution in [-0.4, -0.2) is 39.3 Å². The Hall–Kier alpha value is -3.15. The van der Waals surface area contributed by atoms with Crippen LogP contribution in [0, 0.1) is 0 Å². The summed E-state index contributed by atoms with van der Waals surface area (Å²) in [6.45, 7) is 0. The summed E-state index contributed by atoms with van der Waals surface area (Å²) in [5.41, 5.74) is 0.783. The molecular weight excluding hydrogens is 324 g/mol. The summed E-state index contributed by atoms with van der Waals surface area (Å²) in [7, 11) is 6.07. The third kappa shape index (κ3) is 4.03. The standard InChI is InChI=1S/C19H20O6/c1-22-13-6-8-16(21)14(10-13)15(20)7-5-12-9-18(24-3)19(25-4)11-17(12)23-2/h5-11,21H,1-4H3/b7-5+. The van der Waals surface area contributed by atoms with Crippen molar-refractivity contribution in [3.63, 3.8) is 0 Å². The summed E-state index contributed by atoms with van der Waals surface area (Å²) in [6.07, 6.45) is 2.93. The van der Waals surface area contributed by atoms with Crippen molar-refractivity contribution in [3.05, 3.63) is 47.5 Å².